The monoisotopic (exact) mass is 284 g/mol. The molecule has 1 unspecified atom stereocenters. The van der Waals surface area contributed by atoms with Crippen LogP contribution in [-0.2, 0) is 0 Å². The minimum absolute atomic E-state index is 0.269. The maximum atomic E-state index is 13.9. The molecular formula is C17H14F2N2. The van der Waals surface area contributed by atoms with E-state index >= 15 is 0 Å². The van der Waals surface area contributed by atoms with E-state index in [4.69, 9.17) is 5.73 Å². The van der Waals surface area contributed by atoms with Crippen molar-refractivity contribution in [1.29, 1.82) is 0 Å². The third-order valence-electron chi connectivity index (χ3n) is 3.58. The lowest BCUT2D eigenvalue weighted by molar-refractivity contribution is 0.561. The van der Waals surface area contributed by atoms with Crippen LogP contribution >= 0.6 is 0 Å². The first kappa shape index (κ1) is 13.6. The van der Waals surface area contributed by atoms with Crippen LogP contribution in [0.3, 0.4) is 0 Å². The molecule has 0 aliphatic rings. The van der Waals surface area contributed by atoms with Gasteiger partial charge in [-0.05, 0) is 36.2 Å². The first-order valence-electron chi connectivity index (χ1n) is 6.62. The molecule has 2 nitrogen and oxygen atoms in total. The summed E-state index contributed by atoms with van der Waals surface area (Å²) in [7, 11) is 0. The summed E-state index contributed by atoms with van der Waals surface area (Å²) < 4.78 is 27.3. The summed E-state index contributed by atoms with van der Waals surface area (Å²) in [6.07, 6.45) is 1.63. The van der Waals surface area contributed by atoms with Crippen LogP contribution in [0.5, 0.6) is 0 Å². The van der Waals surface area contributed by atoms with E-state index < -0.39 is 17.7 Å². The van der Waals surface area contributed by atoms with Gasteiger partial charge < -0.3 is 5.73 Å². The molecule has 1 heterocycles. The summed E-state index contributed by atoms with van der Waals surface area (Å²) in [5.74, 6) is -1.21. The second-order valence-electron chi connectivity index (χ2n) is 5.06. The minimum Gasteiger partial charge on any atom is -0.320 e. The number of benzene rings is 2. The SMILES string of the molecule is Cc1cc(C(N)c2cnc3ccccc3c2)c(F)cc1F. The van der Waals surface area contributed by atoms with Crippen LogP contribution in [-0.4, -0.2) is 4.98 Å². The molecule has 0 fully saturated rings. The molecule has 2 aromatic carbocycles. The van der Waals surface area contributed by atoms with E-state index in [1.165, 1.54) is 6.07 Å². The van der Waals surface area contributed by atoms with Crippen LogP contribution in [0.1, 0.15) is 22.7 Å². The van der Waals surface area contributed by atoms with Crippen molar-refractivity contribution in [3.63, 3.8) is 0 Å². The van der Waals surface area contributed by atoms with Gasteiger partial charge in [-0.15, -0.1) is 0 Å². The van der Waals surface area contributed by atoms with E-state index in [1.54, 1.807) is 13.1 Å². The third-order valence-corrected chi connectivity index (χ3v) is 3.58. The lowest BCUT2D eigenvalue weighted by Gasteiger charge is -2.15. The first-order valence-corrected chi connectivity index (χ1v) is 6.62. The van der Waals surface area contributed by atoms with Crippen molar-refractivity contribution < 1.29 is 8.78 Å². The molecule has 0 amide bonds. The number of fused-ring (bicyclic) bond motifs is 1. The predicted molar refractivity (Wildman–Crippen MR) is 78.9 cm³/mol. The fourth-order valence-corrected chi connectivity index (χ4v) is 2.36. The van der Waals surface area contributed by atoms with Crippen molar-refractivity contribution in [3.8, 4) is 0 Å². The smallest absolute Gasteiger partial charge is 0.131 e. The highest BCUT2D eigenvalue weighted by atomic mass is 19.1. The fourth-order valence-electron chi connectivity index (χ4n) is 2.36. The van der Waals surface area contributed by atoms with E-state index in [0.717, 1.165) is 17.0 Å². The number of para-hydroxylation sites is 1. The zero-order valence-electron chi connectivity index (χ0n) is 11.5. The van der Waals surface area contributed by atoms with Crippen LogP contribution in [0, 0.1) is 18.6 Å². The number of aryl methyl sites for hydroxylation is 1. The Labute approximate surface area is 121 Å². The highest BCUT2D eigenvalue weighted by Crippen LogP contribution is 2.26. The highest BCUT2D eigenvalue weighted by Gasteiger charge is 2.16. The van der Waals surface area contributed by atoms with Gasteiger partial charge in [-0.25, -0.2) is 8.78 Å². The summed E-state index contributed by atoms with van der Waals surface area (Å²) in [5, 5.41) is 0.935. The summed E-state index contributed by atoms with van der Waals surface area (Å²) in [5.41, 5.74) is 8.31. The number of hydrogen-bond acceptors (Lipinski definition) is 2. The Bertz CT molecular complexity index is 815. The molecule has 4 heteroatoms. The number of nitrogens with two attached hydrogens (primary N) is 1. The average Bonchev–Trinajstić information content (AvgIpc) is 2.50. The molecule has 0 aliphatic heterocycles. The largest absolute Gasteiger partial charge is 0.320 e. The van der Waals surface area contributed by atoms with Crippen molar-refractivity contribution >= 4 is 10.9 Å². The van der Waals surface area contributed by atoms with Crippen LogP contribution in [0.15, 0.2) is 48.7 Å². The lowest BCUT2D eigenvalue weighted by atomic mass is 9.97. The van der Waals surface area contributed by atoms with Crippen molar-refractivity contribution in [2.75, 3.05) is 0 Å². The Morgan fingerprint density at radius 3 is 2.62 bits per heavy atom. The second-order valence-corrected chi connectivity index (χ2v) is 5.06. The lowest BCUT2D eigenvalue weighted by Crippen LogP contribution is -2.14. The van der Waals surface area contributed by atoms with Gasteiger partial charge in [0.25, 0.3) is 0 Å². The number of pyridine rings is 1. The minimum atomic E-state index is -0.679. The molecule has 3 aromatic rings. The van der Waals surface area contributed by atoms with Crippen molar-refractivity contribution in [2.24, 2.45) is 5.73 Å². The number of halogens is 2. The standard InChI is InChI=1S/C17H14F2N2/c1-10-6-13(15(19)8-14(10)18)17(20)12-7-11-4-2-3-5-16(11)21-9-12/h2-9,17H,20H2,1H3. The van der Waals surface area contributed by atoms with Crippen LogP contribution in [0.25, 0.3) is 10.9 Å². The van der Waals surface area contributed by atoms with Crippen LogP contribution in [0.2, 0.25) is 0 Å². The maximum Gasteiger partial charge on any atom is 0.131 e. The number of aromatic nitrogens is 1. The number of rotatable bonds is 2. The predicted octanol–water partition coefficient (Wildman–Crippen LogP) is 3.87. The Kier molecular flexibility index (Phi) is 3.39. The summed E-state index contributed by atoms with van der Waals surface area (Å²) in [6.45, 7) is 1.59. The molecule has 3 rings (SSSR count). The number of hydrogen-bond donors (Lipinski definition) is 1. The summed E-state index contributed by atoms with van der Waals surface area (Å²) >= 11 is 0. The molecule has 0 spiro atoms. The van der Waals surface area contributed by atoms with Gasteiger partial charge >= 0.3 is 0 Å². The molecule has 106 valence electrons. The summed E-state index contributed by atoms with van der Waals surface area (Å²) in [6, 6.07) is 11.1. The van der Waals surface area contributed by atoms with Crippen LogP contribution < -0.4 is 5.73 Å². The molecule has 1 aromatic heterocycles. The molecule has 0 saturated heterocycles. The zero-order valence-corrected chi connectivity index (χ0v) is 11.5. The second kappa shape index (κ2) is 5.22. The molecule has 2 N–H and O–H groups in total. The van der Waals surface area contributed by atoms with E-state index in [1.807, 2.05) is 30.3 Å². The molecule has 1 atom stereocenters. The molecular weight excluding hydrogens is 270 g/mol. The molecule has 0 aliphatic carbocycles. The van der Waals surface area contributed by atoms with Gasteiger partial charge in [0.1, 0.15) is 11.6 Å². The van der Waals surface area contributed by atoms with Gasteiger partial charge in [-0.3, -0.25) is 4.98 Å². The molecule has 0 saturated carbocycles. The van der Waals surface area contributed by atoms with E-state index in [-0.39, 0.29) is 5.56 Å². The van der Waals surface area contributed by atoms with Crippen LogP contribution in [0.4, 0.5) is 8.78 Å². The molecule has 0 bridgehead atoms. The van der Waals surface area contributed by atoms with Crippen molar-refractivity contribution in [2.45, 2.75) is 13.0 Å². The Morgan fingerprint density at radius 1 is 1.05 bits per heavy atom. The Balaban J connectivity index is 2.07. The third kappa shape index (κ3) is 2.50. The first-order chi connectivity index (χ1) is 10.1. The quantitative estimate of drug-likeness (QED) is 0.776. The topological polar surface area (TPSA) is 38.9 Å². The normalized spacial score (nSPS) is 12.6. The summed E-state index contributed by atoms with van der Waals surface area (Å²) in [4.78, 5) is 4.32. The van der Waals surface area contributed by atoms with E-state index in [2.05, 4.69) is 4.98 Å². The molecule has 0 radical (unpaired) electrons. The van der Waals surface area contributed by atoms with Crippen molar-refractivity contribution in [3.05, 3.63) is 77.0 Å². The average molecular weight is 284 g/mol. The van der Waals surface area contributed by atoms with Crippen molar-refractivity contribution in [1.82, 2.24) is 4.98 Å². The Hall–Kier alpha value is -2.33. The van der Waals surface area contributed by atoms with Gasteiger partial charge in [0.15, 0.2) is 0 Å². The fraction of sp³-hybridized carbons (Fsp3) is 0.118. The van der Waals surface area contributed by atoms with Gasteiger partial charge in [0, 0.05) is 23.2 Å². The number of nitrogens with zero attached hydrogens (tertiary/aromatic N) is 1. The van der Waals surface area contributed by atoms with E-state index in [0.29, 0.717) is 11.1 Å². The van der Waals surface area contributed by atoms with Gasteiger partial charge in [-0.2, -0.15) is 0 Å². The molecule has 21 heavy (non-hydrogen) atoms. The van der Waals surface area contributed by atoms with Gasteiger partial charge in [0.2, 0.25) is 0 Å². The van der Waals surface area contributed by atoms with Gasteiger partial charge in [-0.1, -0.05) is 18.2 Å². The maximum absolute atomic E-state index is 13.9. The zero-order chi connectivity index (χ0) is 15.0. The van der Waals surface area contributed by atoms with E-state index in [9.17, 15) is 8.78 Å². The highest BCUT2D eigenvalue weighted by molar-refractivity contribution is 5.78. The Morgan fingerprint density at radius 2 is 1.81 bits per heavy atom. The van der Waals surface area contributed by atoms with Gasteiger partial charge in [0.05, 0.1) is 11.6 Å².